The Labute approximate surface area is 367 Å². The maximum Gasteiger partial charge on any atom is 0.161 e. The zero-order valence-electron chi connectivity index (χ0n) is 34.5. The van der Waals surface area contributed by atoms with Crippen LogP contribution in [0.4, 0.5) is 0 Å². The zero-order chi connectivity index (χ0) is 41.7. The number of aromatic nitrogens is 2. The third-order valence-electron chi connectivity index (χ3n) is 13.0. The average molecular weight is 801 g/mol. The van der Waals surface area contributed by atoms with Gasteiger partial charge >= 0.3 is 0 Å². The number of benzene rings is 10. The van der Waals surface area contributed by atoms with Gasteiger partial charge in [0.15, 0.2) is 5.82 Å². The van der Waals surface area contributed by atoms with E-state index in [0.717, 1.165) is 49.8 Å². The molecule has 63 heavy (non-hydrogen) atoms. The van der Waals surface area contributed by atoms with E-state index in [2.05, 4.69) is 237 Å². The molecule has 2 heteroatoms. The summed E-state index contributed by atoms with van der Waals surface area (Å²) in [6.45, 7) is 0. The molecule has 10 aromatic carbocycles. The van der Waals surface area contributed by atoms with E-state index in [-0.39, 0.29) is 0 Å². The van der Waals surface area contributed by atoms with Gasteiger partial charge < -0.3 is 0 Å². The molecule has 1 aromatic heterocycles. The highest BCUT2D eigenvalue weighted by molar-refractivity contribution is 6.05. The summed E-state index contributed by atoms with van der Waals surface area (Å²) in [5.74, 6) is 0.712. The van der Waals surface area contributed by atoms with Crippen molar-refractivity contribution in [3.8, 4) is 67.3 Å². The lowest BCUT2D eigenvalue weighted by Crippen LogP contribution is -2.29. The van der Waals surface area contributed by atoms with E-state index < -0.39 is 5.41 Å². The standard InChI is InChI=1S/C61H40N2/c1-4-20-42(21-5-1)57-40-58(63-60(62-57)55-35-17-22-41-19-10-11-29-47(41)55)53-38-37-48(50-30-12-13-31-51(50)53)43-23-16-24-44(39-43)49-33-18-34-54-52-32-14-15-36-56(52)61(59(49)54,45-25-6-2-7-26-45)46-27-8-3-9-28-46/h1-40H. The summed E-state index contributed by atoms with van der Waals surface area (Å²) < 4.78 is 0. The van der Waals surface area contributed by atoms with Gasteiger partial charge in [-0.1, -0.05) is 231 Å². The summed E-state index contributed by atoms with van der Waals surface area (Å²) in [5.41, 5.74) is 16.9. The fourth-order valence-electron chi connectivity index (χ4n) is 10.3. The van der Waals surface area contributed by atoms with Crippen LogP contribution in [0.5, 0.6) is 0 Å². The Morgan fingerprint density at radius 2 is 0.778 bits per heavy atom. The molecule has 0 saturated heterocycles. The molecule has 2 nitrogen and oxygen atoms in total. The van der Waals surface area contributed by atoms with Crippen molar-refractivity contribution in [1.82, 2.24) is 9.97 Å². The normalized spacial score (nSPS) is 12.6. The largest absolute Gasteiger partial charge is 0.228 e. The lowest BCUT2D eigenvalue weighted by atomic mass is 9.66. The SMILES string of the molecule is c1ccc(-c2cc(-c3ccc(-c4cccc(-c5cccc6c5C(c5ccccc5)(c5ccccc5)c5ccccc5-6)c4)c4ccccc34)nc(-c3cccc4ccccc34)n2)cc1. The van der Waals surface area contributed by atoms with Crippen LogP contribution in [0.25, 0.3) is 88.8 Å². The first-order valence-electron chi connectivity index (χ1n) is 21.7. The van der Waals surface area contributed by atoms with Crippen molar-refractivity contribution in [3.63, 3.8) is 0 Å². The second-order valence-corrected chi connectivity index (χ2v) is 16.4. The Bertz CT molecular complexity index is 3460. The molecule has 0 aliphatic heterocycles. The highest BCUT2D eigenvalue weighted by Gasteiger charge is 2.47. The number of nitrogens with zero attached hydrogens (tertiary/aromatic N) is 2. The van der Waals surface area contributed by atoms with Gasteiger partial charge in [0.2, 0.25) is 0 Å². The van der Waals surface area contributed by atoms with E-state index in [4.69, 9.17) is 9.97 Å². The molecular weight excluding hydrogens is 761 g/mol. The molecule has 0 unspecified atom stereocenters. The highest BCUT2D eigenvalue weighted by Crippen LogP contribution is 2.58. The summed E-state index contributed by atoms with van der Waals surface area (Å²) in [7, 11) is 0. The quantitative estimate of drug-likeness (QED) is 0.160. The molecule has 1 aliphatic carbocycles. The van der Waals surface area contributed by atoms with Crippen molar-refractivity contribution in [2.45, 2.75) is 5.41 Å². The molecule has 0 fully saturated rings. The van der Waals surface area contributed by atoms with Crippen LogP contribution in [0.1, 0.15) is 22.3 Å². The second kappa shape index (κ2) is 15.1. The molecule has 0 saturated carbocycles. The first kappa shape index (κ1) is 36.6. The third-order valence-corrected chi connectivity index (χ3v) is 13.0. The van der Waals surface area contributed by atoms with Crippen molar-refractivity contribution in [1.29, 1.82) is 0 Å². The first-order valence-corrected chi connectivity index (χ1v) is 21.7. The van der Waals surface area contributed by atoms with Crippen LogP contribution in [0, 0.1) is 0 Å². The third kappa shape index (κ3) is 5.95. The molecular formula is C61H40N2. The van der Waals surface area contributed by atoms with Crippen molar-refractivity contribution in [2.24, 2.45) is 0 Å². The molecule has 0 N–H and O–H groups in total. The van der Waals surface area contributed by atoms with E-state index in [1.54, 1.807) is 0 Å². The second-order valence-electron chi connectivity index (χ2n) is 16.4. The molecule has 0 amide bonds. The lowest BCUT2D eigenvalue weighted by molar-refractivity contribution is 0.770. The van der Waals surface area contributed by atoms with Crippen LogP contribution >= 0.6 is 0 Å². The Balaban J connectivity index is 1.04. The van der Waals surface area contributed by atoms with Gasteiger partial charge in [0, 0.05) is 16.7 Å². The molecule has 1 heterocycles. The molecule has 0 radical (unpaired) electrons. The minimum atomic E-state index is -0.504. The van der Waals surface area contributed by atoms with Gasteiger partial charge in [0.25, 0.3) is 0 Å². The van der Waals surface area contributed by atoms with E-state index >= 15 is 0 Å². The van der Waals surface area contributed by atoms with Crippen LogP contribution in [0.2, 0.25) is 0 Å². The van der Waals surface area contributed by atoms with Gasteiger partial charge in [-0.25, -0.2) is 9.97 Å². The summed E-state index contributed by atoms with van der Waals surface area (Å²) in [6.07, 6.45) is 0. The fourth-order valence-corrected chi connectivity index (χ4v) is 10.3. The van der Waals surface area contributed by atoms with Crippen molar-refractivity contribution in [3.05, 3.63) is 265 Å². The van der Waals surface area contributed by atoms with E-state index in [1.165, 1.54) is 55.5 Å². The van der Waals surface area contributed by atoms with Gasteiger partial charge in [-0.3, -0.25) is 0 Å². The molecule has 0 bridgehead atoms. The Hall–Kier alpha value is -8.20. The minimum Gasteiger partial charge on any atom is -0.228 e. The Kier molecular flexibility index (Phi) is 8.76. The van der Waals surface area contributed by atoms with Gasteiger partial charge in [-0.2, -0.15) is 0 Å². The summed E-state index contributed by atoms with van der Waals surface area (Å²) in [4.78, 5) is 10.6. The summed E-state index contributed by atoms with van der Waals surface area (Å²) in [6, 6.07) is 87.8. The number of hydrogen-bond donors (Lipinski definition) is 0. The van der Waals surface area contributed by atoms with Crippen LogP contribution < -0.4 is 0 Å². The number of rotatable bonds is 7. The highest BCUT2D eigenvalue weighted by atomic mass is 14.9. The van der Waals surface area contributed by atoms with Crippen molar-refractivity contribution in [2.75, 3.05) is 0 Å². The monoisotopic (exact) mass is 800 g/mol. The van der Waals surface area contributed by atoms with Crippen LogP contribution in [0.15, 0.2) is 243 Å². The maximum absolute atomic E-state index is 5.36. The van der Waals surface area contributed by atoms with Gasteiger partial charge in [0.1, 0.15) is 0 Å². The Morgan fingerprint density at radius 1 is 0.286 bits per heavy atom. The van der Waals surface area contributed by atoms with Crippen molar-refractivity contribution >= 4 is 21.5 Å². The fraction of sp³-hybridized carbons (Fsp3) is 0.0164. The van der Waals surface area contributed by atoms with E-state index in [9.17, 15) is 0 Å². The predicted molar refractivity (Wildman–Crippen MR) is 262 cm³/mol. The first-order chi connectivity index (χ1) is 31.3. The zero-order valence-corrected chi connectivity index (χ0v) is 34.5. The van der Waals surface area contributed by atoms with E-state index in [1.807, 2.05) is 6.07 Å². The predicted octanol–water partition coefficient (Wildman–Crippen LogP) is 15.5. The lowest BCUT2D eigenvalue weighted by Gasteiger charge is -2.35. The summed E-state index contributed by atoms with van der Waals surface area (Å²) in [5, 5.41) is 4.62. The van der Waals surface area contributed by atoms with Gasteiger partial charge in [0.05, 0.1) is 16.8 Å². The molecule has 11 aromatic rings. The van der Waals surface area contributed by atoms with Gasteiger partial charge in [-0.05, 0) is 89.3 Å². The Morgan fingerprint density at radius 3 is 1.54 bits per heavy atom. The molecule has 0 spiro atoms. The van der Waals surface area contributed by atoms with Crippen molar-refractivity contribution < 1.29 is 0 Å². The van der Waals surface area contributed by atoms with Crippen LogP contribution in [0.3, 0.4) is 0 Å². The van der Waals surface area contributed by atoms with E-state index in [0.29, 0.717) is 5.82 Å². The maximum atomic E-state index is 5.36. The molecule has 0 atom stereocenters. The number of hydrogen-bond acceptors (Lipinski definition) is 2. The van der Waals surface area contributed by atoms with Crippen LogP contribution in [-0.4, -0.2) is 9.97 Å². The number of fused-ring (bicyclic) bond motifs is 5. The summed E-state index contributed by atoms with van der Waals surface area (Å²) >= 11 is 0. The van der Waals surface area contributed by atoms with Gasteiger partial charge in [-0.15, -0.1) is 0 Å². The minimum absolute atomic E-state index is 0.504. The smallest absolute Gasteiger partial charge is 0.161 e. The topological polar surface area (TPSA) is 25.8 Å². The van der Waals surface area contributed by atoms with Crippen LogP contribution in [-0.2, 0) is 5.41 Å². The molecule has 12 rings (SSSR count). The molecule has 294 valence electrons. The average Bonchev–Trinajstić information content (AvgIpc) is 3.68. The molecule has 1 aliphatic rings.